The van der Waals surface area contributed by atoms with E-state index in [-0.39, 0.29) is 23.9 Å². The van der Waals surface area contributed by atoms with Gasteiger partial charge in [-0.2, -0.15) is 0 Å². The van der Waals surface area contributed by atoms with Crippen LogP contribution >= 0.6 is 34.5 Å². The Balaban J connectivity index is 1.45. The molecular weight excluding hydrogens is 429 g/mol. The molecule has 1 amide bonds. The molecule has 0 aliphatic heterocycles. The molecule has 1 atom stereocenters. The first-order chi connectivity index (χ1) is 13.9. The van der Waals surface area contributed by atoms with Crippen molar-refractivity contribution >= 4 is 50.7 Å². The molecule has 4 rings (SSSR count). The average Bonchev–Trinajstić information content (AvgIpc) is 3.08. The number of hydrogen-bond acceptors (Lipinski definition) is 4. The van der Waals surface area contributed by atoms with Gasteiger partial charge in [0.1, 0.15) is 4.83 Å². The molecule has 29 heavy (non-hydrogen) atoms. The quantitative estimate of drug-likeness (QED) is 0.601. The van der Waals surface area contributed by atoms with E-state index in [2.05, 4.69) is 10.3 Å². The normalized spacial score (nSPS) is 14.6. The van der Waals surface area contributed by atoms with Crippen LogP contribution in [0.25, 0.3) is 10.2 Å². The van der Waals surface area contributed by atoms with Crippen LogP contribution in [0.4, 0.5) is 0 Å². The van der Waals surface area contributed by atoms with E-state index in [4.69, 9.17) is 23.2 Å². The van der Waals surface area contributed by atoms with Gasteiger partial charge in [-0.05, 0) is 55.9 Å². The van der Waals surface area contributed by atoms with Gasteiger partial charge in [0, 0.05) is 17.8 Å². The summed E-state index contributed by atoms with van der Waals surface area (Å²) < 4.78 is 1.55. The highest BCUT2D eigenvalue weighted by atomic mass is 35.5. The van der Waals surface area contributed by atoms with Crippen molar-refractivity contribution in [3.63, 3.8) is 0 Å². The Labute approximate surface area is 182 Å². The molecule has 0 fully saturated rings. The standard InChI is InChI=1S/C21H21Cl2N3O2S/c1-12(13-6-7-15(22)16(23)10-13)25-18(27)8-9-26-11-24-20-19(21(26)28)14-4-2-3-5-17(14)29-20/h6-7,10-12H,2-5,8-9H2,1H3,(H,25,27)/t12-/m1/s1. The van der Waals surface area contributed by atoms with Crippen LogP contribution in [0.3, 0.4) is 0 Å². The molecular formula is C21H21Cl2N3O2S. The topological polar surface area (TPSA) is 64.0 Å². The molecule has 5 nitrogen and oxygen atoms in total. The van der Waals surface area contributed by atoms with Gasteiger partial charge < -0.3 is 5.32 Å². The molecule has 0 saturated heterocycles. The van der Waals surface area contributed by atoms with Crippen LogP contribution in [0.15, 0.2) is 29.3 Å². The molecule has 0 bridgehead atoms. The highest BCUT2D eigenvalue weighted by molar-refractivity contribution is 7.18. The summed E-state index contributed by atoms with van der Waals surface area (Å²) in [5.74, 6) is -0.136. The van der Waals surface area contributed by atoms with Crippen molar-refractivity contribution in [1.82, 2.24) is 14.9 Å². The lowest BCUT2D eigenvalue weighted by molar-refractivity contribution is -0.121. The number of carbonyl (C=O) groups is 1. The molecule has 1 aliphatic rings. The molecule has 0 spiro atoms. The first-order valence-corrected chi connectivity index (χ1v) is 11.3. The molecule has 8 heteroatoms. The van der Waals surface area contributed by atoms with E-state index < -0.39 is 0 Å². The third kappa shape index (κ3) is 4.20. The smallest absolute Gasteiger partial charge is 0.262 e. The van der Waals surface area contributed by atoms with Gasteiger partial charge in [0.15, 0.2) is 0 Å². The minimum Gasteiger partial charge on any atom is -0.350 e. The lowest BCUT2D eigenvalue weighted by Crippen LogP contribution is -2.29. The molecule has 3 aromatic rings. The predicted octanol–water partition coefficient (Wildman–Crippen LogP) is 4.91. The number of rotatable bonds is 5. The Morgan fingerprint density at radius 1 is 1.28 bits per heavy atom. The second kappa shape index (κ2) is 8.46. The largest absolute Gasteiger partial charge is 0.350 e. The Kier molecular flexibility index (Phi) is 5.95. The van der Waals surface area contributed by atoms with Crippen molar-refractivity contribution in [1.29, 1.82) is 0 Å². The summed E-state index contributed by atoms with van der Waals surface area (Å²) >= 11 is 13.6. The summed E-state index contributed by atoms with van der Waals surface area (Å²) in [6.07, 6.45) is 6.02. The van der Waals surface area contributed by atoms with Crippen molar-refractivity contribution in [2.24, 2.45) is 0 Å². The van der Waals surface area contributed by atoms with E-state index >= 15 is 0 Å². The monoisotopic (exact) mass is 449 g/mol. The molecule has 1 aromatic carbocycles. The van der Waals surface area contributed by atoms with Crippen molar-refractivity contribution in [3.8, 4) is 0 Å². The molecule has 2 aromatic heterocycles. The number of carbonyl (C=O) groups excluding carboxylic acids is 1. The second-order valence-corrected chi connectivity index (χ2v) is 9.24. The van der Waals surface area contributed by atoms with Crippen LogP contribution in [-0.4, -0.2) is 15.5 Å². The van der Waals surface area contributed by atoms with Crippen LogP contribution < -0.4 is 10.9 Å². The lowest BCUT2D eigenvalue weighted by atomic mass is 9.97. The molecule has 1 aliphatic carbocycles. The van der Waals surface area contributed by atoms with Gasteiger partial charge in [0.05, 0.1) is 27.8 Å². The summed E-state index contributed by atoms with van der Waals surface area (Å²) in [4.78, 5) is 31.9. The summed E-state index contributed by atoms with van der Waals surface area (Å²) in [7, 11) is 0. The Hall–Kier alpha value is -1.89. The number of benzene rings is 1. The zero-order chi connectivity index (χ0) is 20.5. The van der Waals surface area contributed by atoms with E-state index in [1.54, 1.807) is 34.4 Å². The van der Waals surface area contributed by atoms with E-state index in [1.165, 1.54) is 16.9 Å². The van der Waals surface area contributed by atoms with Gasteiger partial charge in [-0.1, -0.05) is 29.3 Å². The third-order valence-electron chi connectivity index (χ3n) is 5.34. The van der Waals surface area contributed by atoms with Gasteiger partial charge in [0.2, 0.25) is 5.91 Å². The van der Waals surface area contributed by atoms with Crippen LogP contribution in [-0.2, 0) is 24.2 Å². The van der Waals surface area contributed by atoms with Gasteiger partial charge in [-0.15, -0.1) is 11.3 Å². The molecule has 1 N–H and O–H groups in total. The zero-order valence-corrected chi connectivity index (χ0v) is 18.3. The highest BCUT2D eigenvalue weighted by Gasteiger charge is 2.20. The van der Waals surface area contributed by atoms with E-state index in [0.29, 0.717) is 16.6 Å². The molecule has 0 radical (unpaired) electrons. The fourth-order valence-electron chi connectivity index (χ4n) is 3.74. The minimum absolute atomic E-state index is 0.0419. The van der Waals surface area contributed by atoms with Crippen LogP contribution in [0.2, 0.25) is 10.0 Å². The van der Waals surface area contributed by atoms with Gasteiger partial charge >= 0.3 is 0 Å². The third-order valence-corrected chi connectivity index (χ3v) is 7.28. The van der Waals surface area contributed by atoms with Crippen molar-refractivity contribution in [2.45, 2.75) is 51.6 Å². The Morgan fingerprint density at radius 3 is 2.86 bits per heavy atom. The minimum atomic E-state index is -0.210. The number of halogens is 2. The van der Waals surface area contributed by atoms with E-state index in [9.17, 15) is 9.59 Å². The summed E-state index contributed by atoms with van der Waals surface area (Å²) in [6, 6.07) is 5.08. The molecule has 0 saturated carbocycles. The fraction of sp³-hybridized carbons (Fsp3) is 0.381. The molecule has 2 heterocycles. The van der Waals surface area contributed by atoms with Crippen molar-refractivity contribution < 1.29 is 4.79 Å². The van der Waals surface area contributed by atoms with Gasteiger partial charge in [-0.3, -0.25) is 14.2 Å². The van der Waals surface area contributed by atoms with Crippen LogP contribution in [0.5, 0.6) is 0 Å². The first kappa shape index (κ1) is 20.4. The average molecular weight is 450 g/mol. The predicted molar refractivity (Wildman–Crippen MR) is 118 cm³/mol. The first-order valence-electron chi connectivity index (χ1n) is 9.68. The summed E-state index contributed by atoms with van der Waals surface area (Å²) in [6.45, 7) is 2.18. The van der Waals surface area contributed by atoms with Crippen molar-refractivity contribution in [3.05, 3.63) is 60.9 Å². The summed E-state index contributed by atoms with van der Waals surface area (Å²) in [5, 5.41) is 4.62. The number of nitrogens with one attached hydrogen (secondary N) is 1. The van der Waals surface area contributed by atoms with Gasteiger partial charge in [0.25, 0.3) is 5.56 Å². The lowest BCUT2D eigenvalue weighted by Gasteiger charge is -2.15. The molecule has 152 valence electrons. The SMILES string of the molecule is C[C@@H](NC(=O)CCn1cnc2sc3c(c2c1=O)CCCC3)c1ccc(Cl)c(Cl)c1. The maximum atomic E-state index is 13.0. The number of aryl methyl sites for hydroxylation is 3. The summed E-state index contributed by atoms with van der Waals surface area (Å²) in [5.41, 5.74) is 2.00. The van der Waals surface area contributed by atoms with E-state index in [1.807, 2.05) is 13.0 Å². The molecule has 0 unspecified atom stereocenters. The fourth-order valence-corrected chi connectivity index (χ4v) is 5.27. The Morgan fingerprint density at radius 2 is 2.07 bits per heavy atom. The maximum absolute atomic E-state index is 13.0. The number of fused-ring (bicyclic) bond motifs is 3. The van der Waals surface area contributed by atoms with Crippen molar-refractivity contribution in [2.75, 3.05) is 0 Å². The maximum Gasteiger partial charge on any atom is 0.262 e. The number of nitrogens with zero attached hydrogens (tertiary/aromatic N) is 2. The number of thiophene rings is 1. The number of aromatic nitrogens is 2. The zero-order valence-electron chi connectivity index (χ0n) is 16.0. The van der Waals surface area contributed by atoms with Crippen LogP contribution in [0, 0.1) is 0 Å². The van der Waals surface area contributed by atoms with Gasteiger partial charge in [-0.25, -0.2) is 4.98 Å². The van der Waals surface area contributed by atoms with E-state index in [0.717, 1.165) is 35.0 Å². The van der Waals surface area contributed by atoms with Crippen LogP contribution in [0.1, 0.15) is 48.2 Å². The second-order valence-electron chi connectivity index (χ2n) is 7.35. The highest BCUT2D eigenvalue weighted by Crippen LogP contribution is 2.33. The Bertz CT molecular complexity index is 1140. The number of hydrogen-bond donors (Lipinski definition) is 1. The number of amides is 1.